The van der Waals surface area contributed by atoms with E-state index in [1.54, 1.807) is 6.92 Å². The maximum atomic E-state index is 12.7. The average molecular weight is 290 g/mol. The molecule has 0 heterocycles. The van der Waals surface area contributed by atoms with Crippen molar-refractivity contribution >= 4 is 5.78 Å². The van der Waals surface area contributed by atoms with Crippen molar-refractivity contribution in [3.63, 3.8) is 0 Å². The molecule has 0 radical (unpaired) electrons. The van der Waals surface area contributed by atoms with Crippen LogP contribution < -0.4 is 0 Å². The molecule has 0 aliphatic heterocycles. The Labute approximate surface area is 124 Å². The Balaban J connectivity index is 2.04. The Morgan fingerprint density at radius 1 is 1.33 bits per heavy atom. The standard InChI is InChI=1S/C17H22O4/c1-10-8-12-14(13(10)9-21-7-6-18)11(2)17(4-5-17)16(3,20)15(12)19/h8,18,20H,4-7,9H2,1-3H3/t16-/m0/s1. The minimum absolute atomic E-state index is 0.0117. The second-order valence-corrected chi connectivity index (χ2v) is 6.48. The summed E-state index contributed by atoms with van der Waals surface area (Å²) < 4.78 is 5.46. The molecule has 21 heavy (non-hydrogen) atoms. The molecule has 0 aromatic rings. The number of carbonyl (C=O) groups excluding carboxylic acids is 1. The van der Waals surface area contributed by atoms with Crippen molar-refractivity contribution in [2.75, 3.05) is 19.8 Å². The van der Waals surface area contributed by atoms with Crippen LogP contribution in [-0.2, 0) is 9.53 Å². The fourth-order valence-corrected chi connectivity index (χ4v) is 3.84. The van der Waals surface area contributed by atoms with Gasteiger partial charge in [-0.25, -0.2) is 0 Å². The van der Waals surface area contributed by atoms with Gasteiger partial charge in [-0.2, -0.15) is 0 Å². The minimum atomic E-state index is -1.30. The van der Waals surface area contributed by atoms with Crippen molar-refractivity contribution in [1.29, 1.82) is 0 Å². The number of rotatable bonds is 4. The molecule has 2 N–H and O–H groups in total. The number of fused-ring (bicyclic) bond motifs is 1. The molecule has 1 spiro atoms. The number of aliphatic hydroxyl groups excluding tert-OH is 1. The van der Waals surface area contributed by atoms with Crippen molar-refractivity contribution in [2.24, 2.45) is 5.41 Å². The molecular formula is C17H22O4. The van der Waals surface area contributed by atoms with Crippen LogP contribution in [0.5, 0.6) is 0 Å². The maximum Gasteiger partial charge on any atom is 0.195 e. The smallest absolute Gasteiger partial charge is 0.195 e. The second kappa shape index (κ2) is 4.63. The number of ether oxygens (including phenoxy) is 1. The zero-order valence-corrected chi connectivity index (χ0v) is 12.8. The summed E-state index contributed by atoms with van der Waals surface area (Å²) in [5.74, 6) is -0.169. The van der Waals surface area contributed by atoms with Gasteiger partial charge in [0.25, 0.3) is 0 Å². The van der Waals surface area contributed by atoms with Gasteiger partial charge in [-0.1, -0.05) is 5.57 Å². The van der Waals surface area contributed by atoms with E-state index >= 15 is 0 Å². The van der Waals surface area contributed by atoms with E-state index in [0.29, 0.717) is 12.2 Å². The monoisotopic (exact) mass is 290 g/mol. The number of ketones is 1. The van der Waals surface area contributed by atoms with Crippen LogP contribution in [0.25, 0.3) is 0 Å². The van der Waals surface area contributed by atoms with Crippen LogP contribution in [0.1, 0.15) is 33.6 Å². The zero-order valence-electron chi connectivity index (χ0n) is 12.8. The average Bonchev–Trinajstić information content (AvgIpc) is 3.18. The van der Waals surface area contributed by atoms with Gasteiger partial charge in [0.1, 0.15) is 5.60 Å². The zero-order chi connectivity index (χ0) is 15.4. The largest absolute Gasteiger partial charge is 0.394 e. The van der Waals surface area contributed by atoms with Crippen molar-refractivity contribution in [1.82, 2.24) is 0 Å². The molecule has 0 unspecified atom stereocenters. The normalized spacial score (nSPS) is 30.1. The van der Waals surface area contributed by atoms with Gasteiger partial charge >= 0.3 is 0 Å². The lowest BCUT2D eigenvalue weighted by Crippen LogP contribution is -2.49. The predicted molar refractivity (Wildman–Crippen MR) is 78.7 cm³/mol. The minimum Gasteiger partial charge on any atom is -0.394 e. The quantitative estimate of drug-likeness (QED) is 0.773. The first-order valence-electron chi connectivity index (χ1n) is 7.46. The summed E-state index contributed by atoms with van der Waals surface area (Å²) >= 11 is 0. The number of hydrogen-bond donors (Lipinski definition) is 2. The number of hydrogen-bond acceptors (Lipinski definition) is 4. The van der Waals surface area contributed by atoms with Gasteiger partial charge in [-0.05, 0) is 56.4 Å². The summed E-state index contributed by atoms with van der Waals surface area (Å²) in [7, 11) is 0. The Kier molecular flexibility index (Phi) is 3.24. The SMILES string of the molecule is CC1=C(COCCO)C2=C(C)C3(CC3)[C@@](C)(O)C(=O)C2=C1. The highest BCUT2D eigenvalue weighted by Gasteiger charge is 2.64. The highest BCUT2D eigenvalue weighted by molar-refractivity contribution is 6.10. The maximum absolute atomic E-state index is 12.7. The Morgan fingerprint density at radius 3 is 2.57 bits per heavy atom. The first kappa shape index (κ1) is 14.7. The van der Waals surface area contributed by atoms with Crippen LogP contribution in [0.3, 0.4) is 0 Å². The number of aliphatic hydroxyl groups is 2. The van der Waals surface area contributed by atoms with Crippen molar-refractivity contribution in [3.8, 4) is 0 Å². The van der Waals surface area contributed by atoms with Crippen LogP contribution in [0, 0.1) is 5.41 Å². The third kappa shape index (κ3) is 1.83. The van der Waals surface area contributed by atoms with Crippen molar-refractivity contribution in [2.45, 2.75) is 39.2 Å². The molecule has 1 atom stereocenters. The first-order valence-corrected chi connectivity index (χ1v) is 7.46. The van der Waals surface area contributed by atoms with E-state index in [1.165, 1.54) is 0 Å². The fraction of sp³-hybridized carbons (Fsp3) is 0.588. The number of carbonyl (C=O) groups is 1. The van der Waals surface area contributed by atoms with Gasteiger partial charge < -0.3 is 14.9 Å². The third-order valence-corrected chi connectivity index (χ3v) is 5.35. The molecule has 3 aliphatic rings. The number of allylic oxidation sites excluding steroid dienone is 2. The van der Waals surface area contributed by atoms with E-state index in [0.717, 1.165) is 35.1 Å². The van der Waals surface area contributed by atoms with Crippen LogP contribution in [0.2, 0.25) is 0 Å². The topological polar surface area (TPSA) is 66.8 Å². The van der Waals surface area contributed by atoms with Crippen LogP contribution in [0.15, 0.2) is 33.9 Å². The molecule has 114 valence electrons. The highest BCUT2D eigenvalue weighted by atomic mass is 16.5. The lowest BCUT2D eigenvalue weighted by Gasteiger charge is -2.39. The summed E-state index contributed by atoms with van der Waals surface area (Å²) in [6, 6.07) is 0. The van der Waals surface area contributed by atoms with E-state index in [9.17, 15) is 9.90 Å². The number of Topliss-reactive ketones (excluding diaryl/α,β-unsaturated/α-hetero) is 1. The van der Waals surface area contributed by atoms with Gasteiger partial charge in [0, 0.05) is 11.0 Å². The molecule has 1 saturated carbocycles. The van der Waals surface area contributed by atoms with Gasteiger partial charge in [-0.3, -0.25) is 4.79 Å². The van der Waals surface area contributed by atoms with E-state index in [4.69, 9.17) is 9.84 Å². The van der Waals surface area contributed by atoms with Crippen molar-refractivity contribution < 1.29 is 19.7 Å². The molecule has 1 fully saturated rings. The van der Waals surface area contributed by atoms with Crippen LogP contribution >= 0.6 is 0 Å². The molecule has 0 aromatic heterocycles. The lowest BCUT2D eigenvalue weighted by atomic mass is 9.67. The fourth-order valence-electron chi connectivity index (χ4n) is 3.84. The van der Waals surface area contributed by atoms with Gasteiger partial charge in [0.2, 0.25) is 0 Å². The summed E-state index contributed by atoms with van der Waals surface area (Å²) in [6.45, 7) is 6.31. The van der Waals surface area contributed by atoms with Crippen LogP contribution in [0.4, 0.5) is 0 Å². The lowest BCUT2D eigenvalue weighted by molar-refractivity contribution is -0.137. The molecule has 0 aromatic carbocycles. The second-order valence-electron chi connectivity index (χ2n) is 6.48. The molecule has 0 amide bonds. The van der Waals surface area contributed by atoms with Gasteiger partial charge in [-0.15, -0.1) is 0 Å². The van der Waals surface area contributed by atoms with E-state index in [1.807, 2.05) is 19.9 Å². The molecule has 3 rings (SSSR count). The Morgan fingerprint density at radius 2 is 2.00 bits per heavy atom. The molecule has 4 heteroatoms. The summed E-state index contributed by atoms with van der Waals surface area (Å²) in [6.07, 6.45) is 3.58. The third-order valence-electron chi connectivity index (χ3n) is 5.35. The van der Waals surface area contributed by atoms with Gasteiger partial charge in [0.05, 0.1) is 19.8 Å². The predicted octanol–water partition coefficient (Wildman–Crippen LogP) is 1.68. The molecule has 0 saturated heterocycles. The van der Waals surface area contributed by atoms with Gasteiger partial charge in [0.15, 0.2) is 5.78 Å². The van der Waals surface area contributed by atoms with E-state index in [2.05, 4.69) is 0 Å². The van der Waals surface area contributed by atoms with E-state index in [-0.39, 0.29) is 24.4 Å². The van der Waals surface area contributed by atoms with Crippen LogP contribution in [-0.4, -0.2) is 41.4 Å². The Bertz CT molecular complexity index is 600. The molecule has 3 aliphatic carbocycles. The molecule has 4 nitrogen and oxygen atoms in total. The van der Waals surface area contributed by atoms with E-state index < -0.39 is 5.60 Å². The Hall–Kier alpha value is -1.23. The first-order chi connectivity index (χ1) is 9.87. The van der Waals surface area contributed by atoms with Crippen molar-refractivity contribution in [3.05, 3.63) is 33.9 Å². The highest BCUT2D eigenvalue weighted by Crippen LogP contribution is 2.64. The summed E-state index contributed by atoms with van der Waals surface area (Å²) in [4.78, 5) is 12.7. The summed E-state index contributed by atoms with van der Waals surface area (Å²) in [5, 5.41) is 19.6. The molecule has 0 bridgehead atoms. The summed E-state index contributed by atoms with van der Waals surface area (Å²) in [5.41, 5.74) is 3.05. The molecular weight excluding hydrogens is 268 g/mol.